The maximum Gasteiger partial charge on any atom is 0.270 e. The van der Waals surface area contributed by atoms with Gasteiger partial charge in [-0.15, -0.1) is 11.6 Å². The fourth-order valence-corrected chi connectivity index (χ4v) is 1.63. The Hall–Kier alpha value is -1.29. The van der Waals surface area contributed by atoms with Gasteiger partial charge in [0, 0.05) is 25.0 Å². The van der Waals surface area contributed by atoms with Gasteiger partial charge < -0.3 is 9.88 Å². The molecule has 0 saturated carbocycles. The van der Waals surface area contributed by atoms with E-state index in [2.05, 4.69) is 4.98 Å². The van der Waals surface area contributed by atoms with Crippen molar-refractivity contribution < 1.29 is 4.79 Å². The summed E-state index contributed by atoms with van der Waals surface area (Å²) >= 11 is 5.63. The minimum absolute atomic E-state index is 0.180. The van der Waals surface area contributed by atoms with E-state index < -0.39 is 0 Å². The van der Waals surface area contributed by atoms with Crippen LogP contribution in [0.5, 0.6) is 0 Å². The number of aromatic nitrogens is 1. The van der Waals surface area contributed by atoms with Crippen LogP contribution in [0.25, 0.3) is 0 Å². The molecule has 0 atom stereocenters. The minimum atomic E-state index is -0.270. The van der Waals surface area contributed by atoms with Gasteiger partial charge >= 0.3 is 0 Å². The molecule has 0 aliphatic rings. The van der Waals surface area contributed by atoms with Crippen LogP contribution in [0.2, 0.25) is 0 Å². The van der Waals surface area contributed by atoms with E-state index >= 15 is 0 Å². The third kappa shape index (κ3) is 3.38. The predicted octanol–water partition coefficient (Wildman–Crippen LogP) is 1.47. The first-order chi connectivity index (χ1) is 7.69. The average molecular weight is 243 g/mol. The van der Waals surface area contributed by atoms with Crippen LogP contribution in [-0.2, 0) is 0 Å². The van der Waals surface area contributed by atoms with Gasteiger partial charge in [-0.1, -0.05) is 13.0 Å². The number of amides is 1. The summed E-state index contributed by atoms with van der Waals surface area (Å²) in [5.74, 6) is 0.211. The van der Waals surface area contributed by atoms with Crippen LogP contribution in [0.15, 0.2) is 23.0 Å². The number of pyridine rings is 1. The molecule has 5 heteroatoms. The summed E-state index contributed by atoms with van der Waals surface area (Å²) in [6, 6.07) is 4.54. The van der Waals surface area contributed by atoms with Gasteiger partial charge in [0.05, 0.1) is 0 Å². The zero-order valence-electron chi connectivity index (χ0n) is 9.20. The van der Waals surface area contributed by atoms with E-state index in [1.54, 1.807) is 17.0 Å². The summed E-state index contributed by atoms with van der Waals surface area (Å²) in [7, 11) is 0. The lowest BCUT2D eigenvalue weighted by molar-refractivity contribution is 0.0759. The smallest absolute Gasteiger partial charge is 0.270 e. The molecule has 0 aliphatic carbocycles. The second-order valence-electron chi connectivity index (χ2n) is 3.41. The highest BCUT2D eigenvalue weighted by molar-refractivity contribution is 6.18. The Balaban J connectivity index is 2.85. The highest BCUT2D eigenvalue weighted by Gasteiger charge is 2.14. The Morgan fingerprint density at radius 3 is 2.75 bits per heavy atom. The number of halogens is 1. The Labute approximate surface area is 99.2 Å². The quantitative estimate of drug-likeness (QED) is 0.795. The molecule has 0 fully saturated rings. The maximum absolute atomic E-state index is 12.0. The standard InChI is InChI=1S/C11H15ClN2O2/c1-2-7-14(8-6-12)11(16)9-4-3-5-10(15)13-9/h3-5H,2,6-8H2,1H3,(H,13,15). The van der Waals surface area contributed by atoms with Crippen LogP contribution in [-0.4, -0.2) is 34.8 Å². The average Bonchev–Trinajstić information content (AvgIpc) is 2.28. The molecular formula is C11H15ClN2O2. The number of alkyl halides is 1. The lowest BCUT2D eigenvalue weighted by Gasteiger charge is -2.20. The topological polar surface area (TPSA) is 53.2 Å². The molecule has 0 aliphatic heterocycles. The Morgan fingerprint density at radius 1 is 1.44 bits per heavy atom. The van der Waals surface area contributed by atoms with E-state index in [4.69, 9.17) is 11.6 Å². The molecule has 1 amide bonds. The van der Waals surface area contributed by atoms with Crippen LogP contribution in [0.1, 0.15) is 23.8 Å². The normalized spacial score (nSPS) is 10.1. The van der Waals surface area contributed by atoms with Gasteiger partial charge in [-0.25, -0.2) is 0 Å². The van der Waals surface area contributed by atoms with Gasteiger partial charge in [-0.3, -0.25) is 9.59 Å². The number of carbonyl (C=O) groups excluding carboxylic acids is 1. The molecule has 1 N–H and O–H groups in total. The van der Waals surface area contributed by atoms with E-state index in [0.29, 0.717) is 24.7 Å². The second-order valence-corrected chi connectivity index (χ2v) is 3.79. The minimum Gasteiger partial charge on any atom is -0.336 e. The number of nitrogens with one attached hydrogen (secondary N) is 1. The van der Waals surface area contributed by atoms with Gasteiger partial charge in [0.25, 0.3) is 5.91 Å². The van der Waals surface area contributed by atoms with E-state index in [9.17, 15) is 9.59 Å². The number of aromatic amines is 1. The van der Waals surface area contributed by atoms with Crippen LogP contribution < -0.4 is 5.56 Å². The van der Waals surface area contributed by atoms with Gasteiger partial charge in [-0.2, -0.15) is 0 Å². The summed E-state index contributed by atoms with van der Waals surface area (Å²) in [5.41, 5.74) is 0.0410. The van der Waals surface area contributed by atoms with Crippen molar-refractivity contribution in [3.05, 3.63) is 34.2 Å². The molecule has 4 nitrogen and oxygen atoms in total. The molecule has 0 bridgehead atoms. The Kier molecular flexibility index (Phi) is 5.05. The van der Waals surface area contributed by atoms with Crippen LogP contribution in [0, 0.1) is 0 Å². The fourth-order valence-electron chi connectivity index (χ4n) is 1.43. The summed E-state index contributed by atoms with van der Waals surface area (Å²) in [6.45, 7) is 3.12. The summed E-state index contributed by atoms with van der Waals surface area (Å²) in [6.07, 6.45) is 0.861. The molecule has 0 unspecified atom stereocenters. The summed E-state index contributed by atoms with van der Waals surface area (Å²) in [4.78, 5) is 27.2. The van der Waals surface area contributed by atoms with Crippen molar-refractivity contribution in [1.29, 1.82) is 0 Å². The molecular weight excluding hydrogens is 228 g/mol. The number of hydrogen-bond acceptors (Lipinski definition) is 2. The first-order valence-electron chi connectivity index (χ1n) is 5.23. The van der Waals surface area contributed by atoms with Gasteiger partial charge in [0.1, 0.15) is 5.69 Å². The molecule has 1 aromatic heterocycles. The third-order valence-corrected chi connectivity index (χ3v) is 2.30. The van der Waals surface area contributed by atoms with E-state index in [1.807, 2.05) is 6.92 Å². The molecule has 1 heterocycles. The SMILES string of the molecule is CCCN(CCCl)C(=O)c1cccc(=O)[nH]1. The zero-order chi connectivity index (χ0) is 12.0. The second kappa shape index (κ2) is 6.33. The van der Waals surface area contributed by atoms with Crippen molar-refractivity contribution in [2.75, 3.05) is 19.0 Å². The van der Waals surface area contributed by atoms with Crippen molar-refractivity contribution in [3.63, 3.8) is 0 Å². The van der Waals surface area contributed by atoms with E-state index in [0.717, 1.165) is 6.42 Å². The molecule has 0 saturated heterocycles. The molecule has 88 valence electrons. The molecule has 0 spiro atoms. The third-order valence-electron chi connectivity index (χ3n) is 2.13. The number of carbonyl (C=O) groups is 1. The molecule has 1 rings (SSSR count). The first kappa shape index (κ1) is 12.8. The number of nitrogens with zero attached hydrogens (tertiary/aromatic N) is 1. The van der Waals surface area contributed by atoms with Gasteiger partial charge in [0.15, 0.2) is 0 Å². The largest absolute Gasteiger partial charge is 0.336 e. The van der Waals surface area contributed by atoms with Crippen molar-refractivity contribution in [3.8, 4) is 0 Å². The Morgan fingerprint density at radius 2 is 2.19 bits per heavy atom. The zero-order valence-corrected chi connectivity index (χ0v) is 9.96. The number of H-pyrrole nitrogens is 1. The monoisotopic (exact) mass is 242 g/mol. The highest BCUT2D eigenvalue weighted by Crippen LogP contribution is 2.01. The maximum atomic E-state index is 12.0. The van der Waals surface area contributed by atoms with Crippen molar-refractivity contribution in [2.45, 2.75) is 13.3 Å². The first-order valence-corrected chi connectivity index (χ1v) is 5.77. The van der Waals surface area contributed by atoms with Crippen LogP contribution in [0.3, 0.4) is 0 Å². The van der Waals surface area contributed by atoms with Crippen LogP contribution >= 0.6 is 11.6 Å². The Bertz CT molecular complexity index is 397. The van der Waals surface area contributed by atoms with Crippen molar-refractivity contribution in [2.24, 2.45) is 0 Å². The molecule has 0 radical (unpaired) electrons. The predicted molar refractivity (Wildman–Crippen MR) is 64.0 cm³/mol. The summed E-state index contributed by atoms with van der Waals surface area (Å²) < 4.78 is 0. The van der Waals surface area contributed by atoms with Gasteiger partial charge in [0.2, 0.25) is 5.56 Å². The van der Waals surface area contributed by atoms with Crippen LogP contribution in [0.4, 0.5) is 0 Å². The van der Waals surface area contributed by atoms with Gasteiger partial charge in [-0.05, 0) is 12.5 Å². The lowest BCUT2D eigenvalue weighted by Crippen LogP contribution is -2.34. The number of hydrogen-bond donors (Lipinski definition) is 1. The van der Waals surface area contributed by atoms with E-state index in [1.165, 1.54) is 6.07 Å². The molecule has 16 heavy (non-hydrogen) atoms. The fraction of sp³-hybridized carbons (Fsp3) is 0.455. The van der Waals surface area contributed by atoms with Crippen molar-refractivity contribution in [1.82, 2.24) is 9.88 Å². The number of rotatable bonds is 5. The highest BCUT2D eigenvalue weighted by atomic mass is 35.5. The molecule has 1 aromatic rings. The van der Waals surface area contributed by atoms with Crippen molar-refractivity contribution >= 4 is 17.5 Å². The molecule has 0 aromatic carbocycles. The summed E-state index contributed by atoms with van der Waals surface area (Å²) in [5, 5.41) is 0. The lowest BCUT2D eigenvalue weighted by atomic mass is 10.3. The van der Waals surface area contributed by atoms with E-state index in [-0.39, 0.29) is 11.5 Å².